The van der Waals surface area contributed by atoms with Crippen molar-refractivity contribution in [2.75, 3.05) is 57.7 Å². The molecule has 4 aliphatic heterocycles. The van der Waals surface area contributed by atoms with Crippen LogP contribution in [0, 0.1) is 18.8 Å². The van der Waals surface area contributed by atoms with Gasteiger partial charge >= 0.3 is 23.8 Å². The molecule has 0 aliphatic carbocycles. The Morgan fingerprint density at radius 3 is 2.20 bits per heavy atom. The highest BCUT2D eigenvalue weighted by atomic mass is 16.6. The average molecular weight is 815 g/mol. The van der Waals surface area contributed by atoms with Crippen molar-refractivity contribution in [3.8, 4) is 0 Å². The third-order valence-electron chi connectivity index (χ3n) is 12.8. The molecule has 15 heteroatoms. The highest BCUT2D eigenvalue weighted by Gasteiger charge is 2.37. The number of fused-ring (bicyclic) bond motifs is 2. The third-order valence-corrected chi connectivity index (χ3v) is 12.8. The Kier molecular flexibility index (Phi) is 13.3. The number of aryl methyl sites for hydroxylation is 2. The summed E-state index contributed by atoms with van der Waals surface area (Å²) >= 11 is 0. The zero-order valence-electron chi connectivity index (χ0n) is 34.6. The van der Waals surface area contributed by atoms with Gasteiger partial charge in [0.25, 0.3) is 5.91 Å². The number of carbonyl (C=O) groups excluding carboxylic acids is 5. The maximum atomic E-state index is 14.3. The van der Waals surface area contributed by atoms with Crippen LogP contribution < -0.4 is 11.1 Å². The number of anilines is 1. The average Bonchev–Trinajstić information content (AvgIpc) is 3.42. The van der Waals surface area contributed by atoms with Gasteiger partial charge in [-0.05, 0) is 98.9 Å². The first kappa shape index (κ1) is 41.8. The molecule has 5 amide bonds. The second kappa shape index (κ2) is 18.7. The van der Waals surface area contributed by atoms with Gasteiger partial charge in [0.2, 0.25) is 5.91 Å². The molecule has 0 bridgehead atoms. The predicted octanol–water partition coefficient (Wildman–Crippen LogP) is 5.25. The Hall–Kier alpha value is -5.34. The van der Waals surface area contributed by atoms with Crippen LogP contribution in [-0.4, -0.2) is 119 Å². The summed E-state index contributed by atoms with van der Waals surface area (Å²) in [5.41, 5.74) is 4.55. The number of para-hydroxylation sites is 1. The molecule has 0 radical (unpaired) electrons. The largest absolute Gasteiger partial charge is 0.466 e. The summed E-state index contributed by atoms with van der Waals surface area (Å²) in [5, 5.41) is 3.04. The van der Waals surface area contributed by atoms with E-state index in [1.54, 1.807) is 22.9 Å². The highest BCUT2D eigenvalue weighted by molar-refractivity contribution is 5.91. The van der Waals surface area contributed by atoms with Crippen LogP contribution in [0.15, 0.2) is 45.6 Å². The highest BCUT2D eigenvalue weighted by Crippen LogP contribution is 2.34. The quantitative estimate of drug-likeness (QED) is 0.255. The van der Waals surface area contributed by atoms with Crippen LogP contribution in [-0.2, 0) is 43.7 Å². The molecule has 7 rings (SSSR count). The van der Waals surface area contributed by atoms with E-state index in [0.717, 1.165) is 60.9 Å². The lowest BCUT2D eigenvalue weighted by atomic mass is 9.78. The molecule has 3 aromatic rings. The van der Waals surface area contributed by atoms with E-state index in [0.29, 0.717) is 88.2 Å². The molecule has 1 N–H and O–H groups in total. The molecule has 1 aromatic heterocycles. The van der Waals surface area contributed by atoms with Crippen LogP contribution in [0.2, 0.25) is 0 Å². The number of nitrogens with one attached hydrogen (secondary N) is 1. The lowest BCUT2D eigenvalue weighted by Gasteiger charge is -2.41. The van der Waals surface area contributed by atoms with Crippen molar-refractivity contribution in [2.24, 2.45) is 18.9 Å². The minimum atomic E-state index is -1.09. The Bertz CT molecular complexity index is 2070. The number of piperidine rings is 3. The Morgan fingerprint density at radius 2 is 1.51 bits per heavy atom. The van der Waals surface area contributed by atoms with Gasteiger partial charge in [-0.15, -0.1) is 0 Å². The van der Waals surface area contributed by atoms with E-state index in [-0.39, 0.29) is 49.1 Å². The Labute approximate surface area is 344 Å². The number of nitrogens with zero attached hydrogens (tertiary/aromatic N) is 5. The number of aromatic nitrogens is 1. The van der Waals surface area contributed by atoms with Crippen LogP contribution in [0.4, 0.5) is 15.3 Å². The van der Waals surface area contributed by atoms with Crippen LogP contribution >= 0.6 is 0 Å². The minimum absolute atomic E-state index is 0.0119. The Morgan fingerprint density at radius 1 is 0.847 bits per heavy atom. The van der Waals surface area contributed by atoms with Gasteiger partial charge in [-0.3, -0.25) is 19.0 Å². The first-order chi connectivity index (χ1) is 28.5. The summed E-state index contributed by atoms with van der Waals surface area (Å²) in [6.45, 7) is 7.95. The van der Waals surface area contributed by atoms with Gasteiger partial charge in [-0.1, -0.05) is 31.2 Å². The van der Waals surface area contributed by atoms with Crippen molar-refractivity contribution in [1.82, 2.24) is 24.2 Å². The number of hydrogen-bond donors (Lipinski definition) is 1. The number of ether oxygens (including phenoxy) is 2. The third kappa shape index (κ3) is 9.76. The number of carbonyl (C=O) groups is 5. The van der Waals surface area contributed by atoms with Crippen LogP contribution in [0.25, 0.3) is 11.1 Å². The van der Waals surface area contributed by atoms with Crippen LogP contribution in [0.1, 0.15) is 81.4 Å². The van der Waals surface area contributed by atoms with Crippen molar-refractivity contribution in [1.29, 1.82) is 0 Å². The molecule has 15 nitrogen and oxygen atoms in total. The van der Waals surface area contributed by atoms with Gasteiger partial charge in [0, 0.05) is 77.4 Å². The fourth-order valence-electron chi connectivity index (χ4n) is 9.46. The second-order valence-electron chi connectivity index (χ2n) is 16.6. The smallest absolute Gasteiger partial charge is 0.419 e. The van der Waals surface area contributed by atoms with E-state index in [9.17, 15) is 28.8 Å². The SMILES string of the molecule is CCCOC(=O)CCC(=O)N1CCC(C2CCN(C(=O)[C@@H](Cc3cc(C)c4c(c3)oc(=O)n4C)OC(=O)N3CCC(N4CCc5ccccc5NC4=O)CC3)CC2)CC1. The number of likely N-dealkylation sites (tertiary alicyclic amines) is 3. The normalized spacial score (nSPS) is 18.9. The van der Waals surface area contributed by atoms with Crippen molar-refractivity contribution < 1.29 is 37.9 Å². The minimum Gasteiger partial charge on any atom is -0.466 e. The maximum Gasteiger partial charge on any atom is 0.419 e. The van der Waals surface area contributed by atoms with Crippen LogP contribution in [0.5, 0.6) is 0 Å². The van der Waals surface area contributed by atoms with E-state index >= 15 is 0 Å². The Balaban J connectivity index is 0.957. The number of rotatable bonds is 11. The molecular weight excluding hydrogens is 757 g/mol. The van der Waals surface area contributed by atoms with Crippen molar-refractivity contribution in [2.45, 2.75) is 96.6 Å². The first-order valence-electron chi connectivity index (χ1n) is 21.4. The number of esters is 1. The number of benzene rings is 2. The van der Waals surface area contributed by atoms with Gasteiger partial charge in [0.15, 0.2) is 11.7 Å². The summed E-state index contributed by atoms with van der Waals surface area (Å²) in [6, 6.07) is 11.3. The predicted molar refractivity (Wildman–Crippen MR) is 220 cm³/mol. The molecular formula is C44H58N6O9. The number of oxazole rings is 1. The van der Waals surface area contributed by atoms with Crippen LogP contribution in [0.3, 0.4) is 0 Å². The monoisotopic (exact) mass is 814 g/mol. The van der Waals surface area contributed by atoms with Crippen molar-refractivity contribution in [3.63, 3.8) is 0 Å². The van der Waals surface area contributed by atoms with E-state index in [2.05, 4.69) is 5.32 Å². The topological polar surface area (TPSA) is 164 Å². The molecule has 0 unspecified atom stereocenters. The second-order valence-corrected chi connectivity index (χ2v) is 16.6. The van der Waals surface area contributed by atoms with E-state index in [1.807, 2.05) is 54.0 Å². The summed E-state index contributed by atoms with van der Waals surface area (Å²) in [7, 11) is 1.65. The summed E-state index contributed by atoms with van der Waals surface area (Å²) in [5.74, 6) is -0.224. The summed E-state index contributed by atoms with van der Waals surface area (Å²) < 4.78 is 18.2. The lowest BCUT2D eigenvalue weighted by molar-refractivity contribution is -0.146. The number of urea groups is 1. The maximum absolute atomic E-state index is 14.3. The summed E-state index contributed by atoms with van der Waals surface area (Å²) in [4.78, 5) is 85.5. The molecule has 59 heavy (non-hydrogen) atoms. The summed E-state index contributed by atoms with van der Waals surface area (Å²) in [6.07, 6.45) is 4.82. The number of hydrogen-bond acceptors (Lipinski definition) is 9. The lowest BCUT2D eigenvalue weighted by Crippen LogP contribution is -2.52. The van der Waals surface area contributed by atoms with Crippen molar-refractivity contribution >= 4 is 46.7 Å². The van der Waals surface area contributed by atoms with Gasteiger partial charge in [0.05, 0.1) is 18.5 Å². The molecule has 1 atom stereocenters. The molecule has 2 aromatic carbocycles. The molecule has 0 saturated carbocycles. The van der Waals surface area contributed by atoms with Gasteiger partial charge in [-0.2, -0.15) is 0 Å². The van der Waals surface area contributed by atoms with Gasteiger partial charge in [-0.25, -0.2) is 14.4 Å². The van der Waals surface area contributed by atoms with E-state index < -0.39 is 18.0 Å². The van der Waals surface area contributed by atoms with Crippen molar-refractivity contribution in [3.05, 3.63) is 63.6 Å². The molecule has 5 heterocycles. The zero-order chi connectivity index (χ0) is 41.6. The molecule has 4 aliphatic rings. The zero-order valence-corrected chi connectivity index (χ0v) is 34.6. The van der Waals surface area contributed by atoms with Gasteiger partial charge in [0.1, 0.15) is 0 Å². The molecule has 3 fully saturated rings. The fraction of sp³-hybridized carbons (Fsp3) is 0.591. The molecule has 318 valence electrons. The van der Waals surface area contributed by atoms with Gasteiger partial charge < -0.3 is 38.8 Å². The molecule has 0 spiro atoms. The molecule has 3 saturated heterocycles. The standard InChI is InChI=1S/C44H58N6O9/c1-4-25-57-39(52)10-9-38(51)47-18-11-31(12-19-47)32-13-20-48(21-14-32)41(53)37(28-30-26-29(2)40-36(27-30)58-43(55)46(40)3)59-44(56)49-22-16-34(17-23-49)50-24-15-33-7-5-6-8-35(33)45-42(50)54/h5-8,26-27,31-32,34,37H,4,9-25,28H2,1-3H3,(H,45,54)/t37-/m1/s1. The fourth-order valence-corrected chi connectivity index (χ4v) is 9.46. The van der Waals surface area contributed by atoms with E-state index in [4.69, 9.17) is 13.9 Å². The number of amides is 5. The first-order valence-corrected chi connectivity index (χ1v) is 21.4. The van der Waals surface area contributed by atoms with E-state index in [1.165, 1.54) is 4.57 Å².